The van der Waals surface area contributed by atoms with Crippen LogP contribution in [-0.4, -0.2) is 54.9 Å². The van der Waals surface area contributed by atoms with Gasteiger partial charge in [-0.15, -0.1) is 0 Å². The average molecular weight is 330 g/mol. The second-order valence-electron chi connectivity index (χ2n) is 5.52. The molecule has 1 spiro atoms. The zero-order chi connectivity index (χ0) is 16.7. The normalized spacial score (nSPS) is 19.1. The second-order valence-corrected chi connectivity index (χ2v) is 5.52. The van der Waals surface area contributed by atoms with Crippen LogP contribution < -0.4 is 10.1 Å². The SMILES string of the molecule is O=C1NCC2(CN(C(=O)c3cccc(OCC(F)(F)F)c3)C2)O1. The van der Waals surface area contributed by atoms with E-state index in [4.69, 9.17) is 4.74 Å². The summed E-state index contributed by atoms with van der Waals surface area (Å²) in [6.07, 6.45) is -4.96. The van der Waals surface area contributed by atoms with Crippen LogP contribution in [0, 0.1) is 0 Å². The number of alkyl halides is 3. The number of likely N-dealkylation sites (tertiary alicyclic amines) is 1. The van der Waals surface area contributed by atoms with E-state index >= 15 is 0 Å². The molecule has 2 fully saturated rings. The highest BCUT2D eigenvalue weighted by Gasteiger charge is 2.52. The zero-order valence-corrected chi connectivity index (χ0v) is 11.9. The molecule has 2 aliphatic heterocycles. The predicted octanol–water partition coefficient (Wildman–Crippen LogP) is 1.56. The third kappa shape index (κ3) is 3.33. The van der Waals surface area contributed by atoms with Gasteiger partial charge in [-0.2, -0.15) is 13.2 Å². The molecule has 0 saturated carbocycles. The van der Waals surface area contributed by atoms with Gasteiger partial charge in [0.05, 0.1) is 19.6 Å². The van der Waals surface area contributed by atoms with Crippen LogP contribution >= 0.6 is 0 Å². The Hall–Kier alpha value is -2.45. The van der Waals surface area contributed by atoms with Gasteiger partial charge in [-0.1, -0.05) is 6.07 Å². The van der Waals surface area contributed by atoms with E-state index in [1.165, 1.54) is 29.2 Å². The number of nitrogens with one attached hydrogen (secondary N) is 1. The fraction of sp³-hybridized carbons (Fsp3) is 0.429. The largest absolute Gasteiger partial charge is 0.484 e. The third-order valence-corrected chi connectivity index (χ3v) is 3.59. The lowest BCUT2D eigenvalue weighted by Crippen LogP contribution is -2.65. The molecule has 124 valence electrons. The average Bonchev–Trinajstić information content (AvgIpc) is 2.85. The standard InChI is InChI=1S/C14H13F3N2O4/c15-14(16,17)8-22-10-3-1-2-9(4-10)11(20)19-6-13(7-19)5-18-12(21)23-13/h1-4H,5-8H2,(H,18,21). The topological polar surface area (TPSA) is 67.9 Å². The van der Waals surface area contributed by atoms with Crippen LogP contribution in [0.5, 0.6) is 5.75 Å². The van der Waals surface area contributed by atoms with Crippen molar-refractivity contribution in [1.29, 1.82) is 0 Å². The molecule has 2 saturated heterocycles. The first-order valence-electron chi connectivity index (χ1n) is 6.82. The third-order valence-electron chi connectivity index (χ3n) is 3.59. The van der Waals surface area contributed by atoms with Gasteiger partial charge in [-0.3, -0.25) is 4.79 Å². The van der Waals surface area contributed by atoms with Crippen LogP contribution in [-0.2, 0) is 4.74 Å². The fourth-order valence-electron chi connectivity index (χ4n) is 2.54. The van der Waals surface area contributed by atoms with Crippen LogP contribution in [0.4, 0.5) is 18.0 Å². The number of benzene rings is 1. The Morgan fingerprint density at radius 1 is 1.39 bits per heavy atom. The van der Waals surface area contributed by atoms with E-state index < -0.39 is 24.5 Å². The molecule has 0 aromatic heterocycles. The summed E-state index contributed by atoms with van der Waals surface area (Å²) in [6, 6.07) is 5.55. The van der Waals surface area contributed by atoms with Gasteiger partial charge in [0.1, 0.15) is 5.75 Å². The van der Waals surface area contributed by atoms with Crippen molar-refractivity contribution in [3.63, 3.8) is 0 Å². The van der Waals surface area contributed by atoms with Crippen molar-refractivity contribution in [3.8, 4) is 5.75 Å². The number of nitrogens with zero attached hydrogens (tertiary/aromatic N) is 1. The van der Waals surface area contributed by atoms with Gasteiger partial charge in [0, 0.05) is 5.56 Å². The van der Waals surface area contributed by atoms with E-state index in [0.29, 0.717) is 6.54 Å². The van der Waals surface area contributed by atoms with E-state index in [1.807, 2.05) is 0 Å². The van der Waals surface area contributed by atoms with Gasteiger partial charge in [0.2, 0.25) is 0 Å². The van der Waals surface area contributed by atoms with Crippen LogP contribution in [0.25, 0.3) is 0 Å². The van der Waals surface area contributed by atoms with Gasteiger partial charge in [0.15, 0.2) is 12.2 Å². The van der Waals surface area contributed by atoms with Crippen molar-refractivity contribution in [1.82, 2.24) is 10.2 Å². The molecule has 3 rings (SSSR count). The number of rotatable bonds is 3. The highest BCUT2D eigenvalue weighted by atomic mass is 19.4. The second kappa shape index (κ2) is 5.32. The summed E-state index contributed by atoms with van der Waals surface area (Å²) < 4.78 is 46.2. The monoisotopic (exact) mass is 330 g/mol. The lowest BCUT2D eigenvalue weighted by Gasteiger charge is -2.45. The molecule has 0 aliphatic carbocycles. The Labute approximate surface area is 129 Å². The van der Waals surface area contributed by atoms with Crippen LogP contribution in [0.1, 0.15) is 10.4 Å². The van der Waals surface area contributed by atoms with Crippen molar-refractivity contribution >= 4 is 12.0 Å². The summed E-state index contributed by atoms with van der Waals surface area (Å²) in [5, 5.41) is 2.53. The van der Waals surface area contributed by atoms with Crippen LogP contribution in [0.3, 0.4) is 0 Å². The zero-order valence-electron chi connectivity index (χ0n) is 11.9. The van der Waals surface area contributed by atoms with Crippen LogP contribution in [0.2, 0.25) is 0 Å². The summed E-state index contributed by atoms with van der Waals surface area (Å²) >= 11 is 0. The lowest BCUT2D eigenvalue weighted by atomic mass is 9.93. The van der Waals surface area contributed by atoms with Crippen molar-refractivity contribution < 1.29 is 32.2 Å². The first-order chi connectivity index (χ1) is 10.8. The molecular weight excluding hydrogens is 317 g/mol. The molecular formula is C14H13F3N2O4. The molecule has 2 amide bonds. The van der Waals surface area contributed by atoms with Crippen molar-refractivity contribution in [2.45, 2.75) is 11.8 Å². The summed E-state index contributed by atoms with van der Waals surface area (Å²) in [7, 11) is 0. The maximum Gasteiger partial charge on any atom is 0.422 e. The maximum atomic E-state index is 12.3. The Morgan fingerprint density at radius 3 is 2.74 bits per heavy atom. The van der Waals surface area contributed by atoms with Crippen molar-refractivity contribution in [2.24, 2.45) is 0 Å². The quantitative estimate of drug-likeness (QED) is 0.913. The number of halogens is 3. The molecule has 0 radical (unpaired) electrons. The molecule has 0 bridgehead atoms. The van der Waals surface area contributed by atoms with E-state index in [9.17, 15) is 22.8 Å². The van der Waals surface area contributed by atoms with Gasteiger partial charge in [0.25, 0.3) is 5.91 Å². The fourth-order valence-corrected chi connectivity index (χ4v) is 2.54. The number of alkyl carbamates (subject to hydrolysis) is 1. The summed E-state index contributed by atoms with van der Waals surface area (Å²) in [4.78, 5) is 24.8. The summed E-state index contributed by atoms with van der Waals surface area (Å²) in [6.45, 7) is -0.583. The van der Waals surface area contributed by atoms with Crippen molar-refractivity contribution in [2.75, 3.05) is 26.2 Å². The highest BCUT2D eigenvalue weighted by molar-refractivity contribution is 5.95. The maximum absolute atomic E-state index is 12.3. The number of hydrogen-bond acceptors (Lipinski definition) is 4. The Bertz CT molecular complexity index is 641. The predicted molar refractivity (Wildman–Crippen MR) is 71.1 cm³/mol. The minimum absolute atomic E-state index is 0.0302. The van der Waals surface area contributed by atoms with E-state index in [2.05, 4.69) is 10.1 Å². The Balaban J connectivity index is 1.61. The van der Waals surface area contributed by atoms with E-state index in [-0.39, 0.29) is 30.3 Å². The van der Waals surface area contributed by atoms with Gasteiger partial charge in [-0.05, 0) is 18.2 Å². The number of hydrogen-bond donors (Lipinski definition) is 1. The van der Waals surface area contributed by atoms with Gasteiger partial charge in [-0.25, -0.2) is 4.79 Å². The summed E-state index contributed by atoms with van der Waals surface area (Å²) in [5.41, 5.74) is -0.464. The molecule has 0 unspecified atom stereocenters. The number of amides is 2. The van der Waals surface area contributed by atoms with Crippen molar-refractivity contribution in [3.05, 3.63) is 29.8 Å². The molecule has 0 atom stereocenters. The minimum Gasteiger partial charge on any atom is -0.484 e. The lowest BCUT2D eigenvalue weighted by molar-refractivity contribution is -0.153. The molecule has 1 N–H and O–H groups in total. The molecule has 6 nitrogen and oxygen atoms in total. The molecule has 2 aliphatic rings. The van der Waals surface area contributed by atoms with Crippen LogP contribution in [0.15, 0.2) is 24.3 Å². The molecule has 9 heteroatoms. The first kappa shape index (κ1) is 15.4. The minimum atomic E-state index is -4.44. The van der Waals surface area contributed by atoms with E-state index in [1.54, 1.807) is 0 Å². The smallest absolute Gasteiger partial charge is 0.422 e. The molecule has 1 aromatic carbocycles. The Kier molecular flexibility index (Phi) is 3.57. The molecule has 2 heterocycles. The summed E-state index contributed by atoms with van der Waals surface area (Å²) in [5.74, 6) is -0.381. The Morgan fingerprint density at radius 2 is 2.13 bits per heavy atom. The number of carbonyl (C=O) groups is 2. The highest BCUT2D eigenvalue weighted by Crippen LogP contribution is 2.30. The number of ether oxygens (including phenoxy) is 2. The molecule has 23 heavy (non-hydrogen) atoms. The van der Waals surface area contributed by atoms with Gasteiger partial charge < -0.3 is 19.7 Å². The first-order valence-corrected chi connectivity index (χ1v) is 6.82. The molecule has 1 aromatic rings. The number of carbonyl (C=O) groups excluding carboxylic acids is 2. The van der Waals surface area contributed by atoms with Gasteiger partial charge >= 0.3 is 12.3 Å². The van der Waals surface area contributed by atoms with E-state index in [0.717, 1.165) is 0 Å².